The van der Waals surface area contributed by atoms with Gasteiger partial charge in [-0.2, -0.15) is 11.8 Å². The SMILES string of the molecule is CCCSCc1nc(Cl)c2c(C)c(C)sc2n1. The molecule has 2 rings (SSSR count). The highest BCUT2D eigenvalue weighted by atomic mass is 35.5. The van der Waals surface area contributed by atoms with Gasteiger partial charge in [0.2, 0.25) is 0 Å². The first-order valence-electron chi connectivity index (χ1n) is 5.63. The average Bonchev–Trinajstić information content (AvgIpc) is 2.55. The first-order chi connectivity index (χ1) is 8.13. The molecule has 0 saturated heterocycles. The van der Waals surface area contributed by atoms with Crippen molar-refractivity contribution < 1.29 is 0 Å². The lowest BCUT2D eigenvalue weighted by Crippen LogP contribution is -1.94. The maximum atomic E-state index is 6.24. The van der Waals surface area contributed by atoms with E-state index in [4.69, 9.17) is 11.6 Å². The van der Waals surface area contributed by atoms with Gasteiger partial charge in [0, 0.05) is 4.88 Å². The van der Waals surface area contributed by atoms with Crippen LogP contribution >= 0.6 is 34.7 Å². The lowest BCUT2D eigenvalue weighted by atomic mass is 10.2. The Morgan fingerprint density at radius 1 is 1.29 bits per heavy atom. The maximum Gasteiger partial charge on any atom is 0.141 e. The van der Waals surface area contributed by atoms with Crippen molar-refractivity contribution in [3.05, 3.63) is 21.4 Å². The Balaban J connectivity index is 2.35. The minimum atomic E-state index is 0.601. The Hall–Kier alpha value is -0.320. The summed E-state index contributed by atoms with van der Waals surface area (Å²) in [4.78, 5) is 11.3. The molecule has 2 heterocycles. The molecule has 0 aliphatic heterocycles. The van der Waals surface area contributed by atoms with Gasteiger partial charge in [-0.3, -0.25) is 0 Å². The molecule has 2 aromatic rings. The Bertz CT molecular complexity index is 537. The van der Waals surface area contributed by atoms with E-state index in [0.29, 0.717) is 5.15 Å². The summed E-state index contributed by atoms with van der Waals surface area (Å²) < 4.78 is 0. The van der Waals surface area contributed by atoms with Crippen LogP contribution in [-0.2, 0) is 5.75 Å². The molecule has 0 unspecified atom stereocenters. The van der Waals surface area contributed by atoms with E-state index in [0.717, 1.165) is 27.5 Å². The quantitative estimate of drug-likeness (QED) is 0.606. The molecule has 0 aliphatic rings. The molecule has 2 nitrogen and oxygen atoms in total. The Morgan fingerprint density at radius 2 is 2.06 bits per heavy atom. The summed E-state index contributed by atoms with van der Waals surface area (Å²) in [6, 6.07) is 0. The molecule has 0 radical (unpaired) electrons. The Labute approximate surface area is 115 Å². The summed E-state index contributed by atoms with van der Waals surface area (Å²) >= 11 is 9.80. The standard InChI is InChI=1S/C12H15ClN2S2/c1-4-5-16-6-9-14-11(13)10-7(2)8(3)17-12(10)15-9/h4-6H2,1-3H3. The molecular formula is C12H15ClN2S2. The smallest absolute Gasteiger partial charge is 0.141 e. The third kappa shape index (κ3) is 2.75. The van der Waals surface area contributed by atoms with Crippen LogP contribution in [0.2, 0.25) is 5.15 Å². The number of fused-ring (bicyclic) bond motifs is 1. The molecule has 92 valence electrons. The maximum absolute atomic E-state index is 6.24. The van der Waals surface area contributed by atoms with Gasteiger partial charge in [0.25, 0.3) is 0 Å². The lowest BCUT2D eigenvalue weighted by molar-refractivity contribution is 1.06. The van der Waals surface area contributed by atoms with Crippen LogP contribution in [0.5, 0.6) is 0 Å². The van der Waals surface area contributed by atoms with E-state index in [9.17, 15) is 0 Å². The van der Waals surface area contributed by atoms with Gasteiger partial charge in [-0.15, -0.1) is 11.3 Å². The van der Waals surface area contributed by atoms with E-state index in [2.05, 4.69) is 30.7 Å². The Morgan fingerprint density at radius 3 is 2.76 bits per heavy atom. The van der Waals surface area contributed by atoms with Crippen LogP contribution in [0.25, 0.3) is 10.2 Å². The van der Waals surface area contributed by atoms with E-state index in [1.807, 2.05) is 11.8 Å². The number of aromatic nitrogens is 2. The highest BCUT2D eigenvalue weighted by Gasteiger charge is 2.12. The predicted octanol–water partition coefficient (Wildman–Crippen LogP) is 4.60. The van der Waals surface area contributed by atoms with Crippen molar-refractivity contribution in [1.82, 2.24) is 9.97 Å². The van der Waals surface area contributed by atoms with Crippen molar-refractivity contribution in [2.75, 3.05) is 5.75 Å². The number of halogens is 1. The highest BCUT2D eigenvalue weighted by Crippen LogP contribution is 2.33. The number of hydrogen-bond acceptors (Lipinski definition) is 4. The fourth-order valence-corrected chi connectivity index (χ4v) is 3.79. The second-order valence-electron chi connectivity index (χ2n) is 3.95. The summed E-state index contributed by atoms with van der Waals surface area (Å²) in [6.45, 7) is 6.36. The van der Waals surface area contributed by atoms with E-state index < -0.39 is 0 Å². The number of aryl methyl sites for hydroxylation is 2. The number of thiophene rings is 1. The first-order valence-corrected chi connectivity index (χ1v) is 7.98. The second-order valence-corrected chi connectivity index (χ2v) is 6.61. The van der Waals surface area contributed by atoms with Gasteiger partial charge in [0.1, 0.15) is 15.8 Å². The molecule has 0 amide bonds. The molecule has 0 spiro atoms. The zero-order chi connectivity index (χ0) is 12.4. The summed E-state index contributed by atoms with van der Waals surface area (Å²) in [5.41, 5.74) is 1.21. The van der Waals surface area contributed by atoms with E-state index in [-0.39, 0.29) is 0 Å². The summed E-state index contributed by atoms with van der Waals surface area (Å²) in [5, 5.41) is 1.63. The first kappa shape index (κ1) is 13.1. The van der Waals surface area contributed by atoms with Crippen LogP contribution in [0.3, 0.4) is 0 Å². The molecule has 0 saturated carbocycles. The van der Waals surface area contributed by atoms with Crippen LogP contribution in [0.4, 0.5) is 0 Å². The topological polar surface area (TPSA) is 25.8 Å². The highest BCUT2D eigenvalue weighted by molar-refractivity contribution is 7.98. The van der Waals surface area contributed by atoms with Crippen molar-refractivity contribution in [3.63, 3.8) is 0 Å². The van der Waals surface area contributed by atoms with Crippen molar-refractivity contribution in [2.24, 2.45) is 0 Å². The van der Waals surface area contributed by atoms with Crippen molar-refractivity contribution in [1.29, 1.82) is 0 Å². The van der Waals surface area contributed by atoms with Crippen molar-refractivity contribution in [2.45, 2.75) is 32.9 Å². The summed E-state index contributed by atoms with van der Waals surface area (Å²) in [6.07, 6.45) is 1.18. The van der Waals surface area contributed by atoms with Crippen LogP contribution in [0.15, 0.2) is 0 Å². The van der Waals surface area contributed by atoms with Gasteiger partial charge >= 0.3 is 0 Å². The average molecular weight is 287 g/mol. The largest absolute Gasteiger partial charge is 0.221 e. The molecule has 2 aromatic heterocycles. The van der Waals surface area contributed by atoms with Gasteiger partial charge < -0.3 is 0 Å². The molecule has 17 heavy (non-hydrogen) atoms. The third-order valence-electron chi connectivity index (χ3n) is 2.61. The second kappa shape index (κ2) is 5.55. The zero-order valence-electron chi connectivity index (χ0n) is 10.2. The molecule has 0 aromatic carbocycles. The monoisotopic (exact) mass is 286 g/mol. The van der Waals surface area contributed by atoms with Gasteiger partial charge in [0.15, 0.2) is 0 Å². The molecule has 0 fully saturated rings. The predicted molar refractivity (Wildman–Crippen MR) is 78.4 cm³/mol. The molecule has 5 heteroatoms. The third-order valence-corrected chi connectivity index (χ3v) is 5.14. The Kier molecular flexibility index (Phi) is 4.28. The van der Waals surface area contributed by atoms with Gasteiger partial charge in [0.05, 0.1) is 11.1 Å². The number of nitrogens with zero attached hydrogens (tertiary/aromatic N) is 2. The zero-order valence-corrected chi connectivity index (χ0v) is 12.6. The molecule has 0 aliphatic carbocycles. The van der Waals surface area contributed by atoms with E-state index in [1.165, 1.54) is 16.9 Å². The minimum Gasteiger partial charge on any atom is -0.221 e. The van der Waals surface area contributed by atoms with Crippen LogP contribution in [0.1, 0.15) is 29.6 Å². The molecule has 0 bridgehead atoms. The van der Waals surface area contributed by atoms with Gasteiger partial charge in [-0.05, 0) is 31.6 Å². The van der Waals surface area contributed by atoms with Crippen molar-refractivity contribution in [3.8, 4) is 0 Å². The van der Waals surface area contributed by atoms with Gasteiger partial charge in [-0.25, -0.2) is 9.97 Å². The van der Waals surface area contributed by atoms with Crippen LogP contribution < -0.4 is 0 Å². The lowest BCUT2D eigenvalue weighted by Gasteiger charge is -2.01. The normalized spacial score (nSPS) is 11.3. The number of thioether (sulfide) groups is 1. The fourth-order valence-electron chi connectivity index (χ4n) is 1.61. The van der Waals surface area contributed by atoms with Gasteiger partial charge in [-0.1, -0.05) is 18.5 Å². The molecule has 0 N–H and O–H groups in total. The number of hydrogen-bond donors (Lipinski definition) is 0. The van der Waals surface area contributed by atoms with Crippen molar-refractivity contribution >= 4 is 44.9 Å². The summed E-state index contributed by atoms with van der Waals surface area (Å²) in [5.74, 6) is 2.84. The molecule has 0 atom stereocenters. The van der Waals surface area contributed by atoms with Crippen LogP contribution in [-0.4, -0.2) is 15.7 Å². The number of rotatable bonds is 4. The van der Waals surface area contributed by atoms with E-state index in [1.54, 1.807) is 11.3 Å². The van der Waals surface area contributed by atoms with E-state index >= 15 is 0 Å². The molecular weight excluding hydrogens is 272 g/mol. The summed E-state index contributed by atoms with van der Waals surface area (Å²) in [7, 11) is 0. The van der Waals surface area contributed by atoms with Crippen LogP contribution in [0, 0.1) is 13.8 Å². The fraction of sp³-hybridized carbons (Fsp3) is 0.500. The minimum absolute atomic E-state index is 0.601.